The van der Waals surface area contributed by atoms with Crippen LogP contribution in [0.3, 0.4) is 0 Å². The third kappa shape index (κ3) is 4.62. The van der Waals surface area contributed by atoms with Gasteiger partial charge in [-0.3, -0.25) is 10.00 Å². The zero-order valence-corrected chi connectivity index (χ0v) is 17.1. The fraction of sp³-hybridized carbons (Fsp3) is 0.545. The Morgan fingerprint density at radius 2 is 2.17 bits per heavy atom. The Bertz CT molecular complexity index is 794. The number of fused-ring (bicyclic) bond motifs is 1. The maximum atomic E-state index is 12.6. The molecule has 2 saturated heterocycles. The zero-order valence-electron chi connectivity index (χ0n) is 17.1. The van der Waals surface area contributed by atoms with Crippen LogP contribution in [0.4, 0.5) is 4.79 Å². The smallest absolute Gasteiger partial charge is 0.317 e. The fourth-order valence-electron chi connectivity index (χ4n) is 4.49. The van der Waals surface area contributed by atoms with Gasteiger partial charge in [-0.2, -0.15) is 5.10 Å². The van der Waals surface area contributed by atoms with Crippen LogP contribution in [0.25, 0.3) is 11.3 Å². The van der Waals surface area contributed by atoms with E-state index in [0.717, 1.165) is 56.9 Å². The number of carbonyl (C=O) groups is 1. The minimum absolute atomic E-state index is 0.0574. The van der Waals surface area contributed by atoms with Crippen LogP contribution < -0.4 is 5.32 Å². The number of urea groups is 1. The molecule has 3 heterocycles. The van der Waals surface area contributed by atoms with Crippen LogP contribution in [0.5, 0.6) is 0 Å². The van der Waals surface area contributed by atoms with E-state index < -0.39 is 0 Å². The van der Waals surface area contributed by atoms with Crippen LogP contribution in [0.2, 0.25) is 0 Å². The summed E-state index contributed by atoms with van der Waals surface area (Å²) in [5, 5.41) is 10.5. The molecule has 1 aromatic heterocycles. The summed E-state index contributed by atoms with van der Waals surface area (Å²) in [4.78, 5) is 17.1. The molecular formula is C22H31N5O2. The highest BCUT2D eigenvalue weighted by Crippen LogP contribution is 2.28. The number of aromatic nitrogens is 2. The van der Waals surface area contributed by atoms with E-state index in [9.17, 15) is 4.79 Å². The van der Waals surface area contributed by atoms with Crippen molar-refractivity contribution < 1.29 is 9.53 Å². The van der Waals surface area contributed by atoms with Crippen molar-refractivity contribution in [1.82, 2.24) is 25.3 Å². The quantitative estimate of drug-likeness (QED) is 0.814. The number of nitrogens with one attached hydrogen (secondary N) is 2. The van der Waals surface area contributed by atoms with E-state index in [1.54, 1.807) is 0 Å². The summed E-state index contributed by atoms with van der Waals surface area (Å²) >= 11 is 0. The molecule has 0 saturated carbocycles. The Labute approximate surface area is 172 Å². The number of rotatable bonds is 5. The molecule has 1 aromatic carbocycles. The van der Waals surface area contributed by atoms with Crippen molar-refractivity contribution in [3.8, 4) is 11.3 Å². The monoisotopic (exact) mass is 397 g/mol. The molecule has 2 fully saturated rings. The van der Waals surface area contributed by atoms with Crippen molar-refractivity contribution in [2.45, 2.75) is 32.4 Å². The molecule has 0 unspecified atom stereocenters. The Balaban J connectivity index is 1.42. The Kier molecular flexibility index (Phi) is 6.46. The number of piperidine rings is 1. The lowest BCUT2D eigenvalue weighted by atomic mass is 9.91. The lowest BCUT2D eigenvalue weighted by Crippen LogP contribution is -2.55. The highest BCUT2D eigenvalue weighted by Gasteiger charge is 2.37. The lowest BCUT2D eigenvalue weighted by molar-refractivity contribution is 0.0543. The second kappa shape index (κ2) is 9.41. The van der Waals surface area contributed by atoms with E-state index >= 15 is 0 Å². The molecule has 156 valence electrons. The maximum absolute atomic E-state index is 12.6. The van der Waals surface area contributed by atoms with Crippen LogP contribution in [0.15, 0.2) is 36.5 Å². The van der Waals surface area contributed by atoms with Gasteiger partial charge >= 0.3 is 6.03 Å². The van der Waals surface area contributed by atoms with Crippen LogP contribution >= 0.6 is 0 Å². The molecule has 7 nitrogen and oxygen atoms in total. The summed E-state index contributed by atoms with van der Waals surface area (Å²) in [5.74, 6) is 0.339. The van der Waals surface area contributed by atoms with E-state index in [-0.39, 0.29) is 12.1 Å². The normalized spacial score (nSPS) is 22.7. The molecule has 0 aliphatic carbocycles. The van der Waals surface area contributed by atoms with Gasteiger partial charge in [-0.1, -0.05) is 37.3 Å². The Morgan fingerprint density at radius 3 is 3.00 bits per heavy atom. The minimum Gasteiger partial charge on any atom is -0.379 e. The summed E-state index contributed by atoms with van der Waals surface area (Å²) < 4.78 is 5.86. The van der Waals surface area contributed by atoms with Gasteiger partial charge in [0.05, 0.1) is 25.1 Å². The third-order valence-corrected chi connectivity index (χ3v) is 5.95. The van der Waals surface area contributed by atoms with Gasteiger partial charge in [-0.15, -0.1) is 0 Å². The molecule has 0 spiro atoms. The number of amides is 2. The highest BCUT2D eigenvalue weighted by atomic mass is 16.5. The summed E-state index contributed by atoms with van der Waals surface area (Å²) in [5.41, 5.74) is 3.46. The van der Waals surface area contributed by atoms with Gasteiger partial charge in [0.2, 0.25) is 0 Å². The number of ether oxygens (including phenoxy) is 1. The van der Waals surface area contributed by atoms with Gasteiger partial charge in [0, 0.05) is 50.2 Å². The predicted octanol–water partition coefficient (Wildman–Crippen LogP) is 2.72. The van der Waals surface area contributed by atoms with Crippen LogP contribution in [0.1, 0.15) is 25.3 Å². The first-order valence-electron chi connectivity index (χ1n) is 10.7. The lowest BCUT2D eigenvalue weighted by Gasteiger charge is -2.42. The first-order valence-corrected chi connectivity index (χ1v) is 10.7. The molecule has 2 aliphatic rings. The van der Waals surface area contributed by atoms with Crippen molar-refractivity contribution in [1.29, 1.82) is 0 Å². The molecule has 0 bridgehead atoms. The highest BCUT2D eigenvalue weighted by molar-refractivity contribution is 5.74. The van der Waals surface area contributed by atoms with E-state index in [4.69, 9.17) is 4.74 Å². The number of carbonyl (C=O) groups excluding carboxylic acids is 1. The standard InChI is InChI=1S/C22H31N5O2/c1-2-9-23-22(28)27-11-12-29-16-19-15-26(10-8-20(19)27)14-18-13-24-25-21(18)17-6-4-3-5-7-17/h3-7,13,19-20H,2,8-12,14-16H2,1H3,(H,23,28)(H,24,25)/t19-,20-/m1/s1. The van der Waals surface area contributed by atoms with Crippen molar-refractivity contribution in [3.05, 3.63) is 42.1 Å². The first-order chi connectivity index (χ1) is 14.3. The van der Waals surface area contributed by atoms with Gasteiger partial charge in [0.15, 0.2) is 0 Å². The van der Waals surface area contributed by atoms with E-state index in [1.165, 1.54) is 5.56 Å². The van der Waals surface area contributed by atoms with Gasteiger partial charge < -0.3 is 15.0 Å². The summed E-state index contributed by atoms with van der Waals surface area (Å²) in [7, 11) is 0. The Hall–Kier alpha value is -2.38. The summed E-state index contributed by atoms with van der Waals surface area (Å²) in [6, 6.07) is 10.6. The number of benzene rings is 1. The predicted molar refractivity (Wildman–Crippen MR) is 112 cm³/mol. The molecule has 29 heavy (non-hydrogen) atoms. The minimum atomic E-state index is 0.0574. The number of aromatic amines is 1. The average Bonchev–Trinajstić information content (AvgIpc) is 3.10. The second-order valence-electron chi connectivity index (χ2n) is 7.99. The van der Waals surface area contributed by atoms with Gasteiger partial charge in [0.25, 0.3) is 0 Å². The number of hydrogen-bond donors (Lipinski definition) is 2. The fourth-order valence-corrected chi connectivity index (χ4v) is 4.49. The molecule has 2 aromatic rings. The summed E-state index contributed by atoms with van der Waals surface area (Å²) in [6.07, 6.45) is 3.86. The van der Waals surface area contributed by atoms with Crippen molar-refractivity contribution in [2.75, 3.05) is 39.4 Å². The molecule has 4 rings (SSSR count). The SMILES string of the molecule is CCCNC(=O)N1CCOC[C@H]2CN(Cc3cn[nH]c3-c3ccccc3)CC[C@H]21. The van der Waals surface area contributed by atoms with Crippen molar-refractivity contribution in [2.24, 2.45) is 5.92 Å². The molecular weight excluding hydrogens is 366 g/mol. The zero-order chi connectivity index (χ0) is 20.1. The molecule has 2 aliphatic heterocycles. The molecule has 2 atom stereocenters. The number of hydrogen-bond acceptors (Lipinski definition) is 4. The number of H-pyrrole nitrogens is 1. The second-order valence-corrected chi connectivity index (χ2v) is 7.99. The van der Waals surface area contributed by atoms with E-state index in [0.29, 0.717) is 19.1 Å². The van der Waals surface area contributed by atoms with Gasteiger partial charge in [-0.05, 0) is 18.4 Å². The maximum Gasteiger partial charge on any atom is 0.317 e. The van der Waals surface area contributed by atoms with Crippen LogP contribution in [-0.2, 0) is 11.3 Å². The third-order valence-electron chi connectivity index (χ3n) is 5.95. The number of likely N-dealkylation sites (tertiary alicyclic amines) is 1. The topological polar surface area (TPSA) is 73.5 Å². The molecule has 0 radical (unpaired) electrons. The van der Waals surface area contributed by atoms with Gasteiger partial charge in [0.1, 0.15) is 0 Å². The van der Waals surface area contributed by atoms with E-state index in [2.05, 4.69) is 39.5 Å². The average molecular weight is 398 g/mol. The number of nitrogens with zero attached hydrogens (tertiary/aromatic N) is 3. The van der Waals surface area contributed by atoms with Crippen molar-refractivity contribution in [3.63, 3.8) is 0 Å². The van der Waals surface area contributed by atoms with Crippen LogP contribution in [-0.4, -0.2) is 71.5 Å². The van der Waals surface area contributed by atoms with Crippen LogP contribution in [0, 0.1) is 5.92 Å². The largest absolute Gasteiger partial charge is 0.379 e. The van der Waals surface area contributed by atoms with E-state index in [1.807, 2.05) is 29.3 Å². The van der Waals surface area contributed by atoms with Crippen molar-refractivity contribution >= 4 is 6.03 Å². The Morgan fingerprint density at radius 1 is 1.31 bits per heavy atom. The molecule has 7 heteroatoms. The summed E-state index contributed by atoms with van der Waals surface area (Å²) in [6.45, 7) is 7.57. The molecule has 2 N–H and O–H groups in total. The van der Waals surface area contributed by atoms with Gasteiger partial charge in [-0.25, -0.2) is 4.79 Å². The first kappa shape index (κ1) is 19.9. The molecule has 2 amide bonds.